The van der Waals surface area contributed by atoms with Crippen LogP contribution in [0, 0.1) is 5.92 Å². The van der Waals surface area contributed by atoms with Gasteiger partial charge in [-0.3, -0.25) is 0 Å². The first-order valence-electron chi connectivity index (χ1n) is 5.59. The fourth-order valence-corrected chi connectivity index (χ4v) is 2.17. The number of hydrogen-bond acceptors (Lipinski definition) is 0. The molecule has 0 aliphatic heterocycles. The van der Waals surface area contributed by atoms with Crippen LogP contribution in [0.1, 0.15) is 31.4 Å². The third-order valence-electron chi connectivity index (χ3n) is 2.59. The minimum absolute atomic E-state index is 0.0967. The van der Waals surface area contributed by atoms with Crippen LogP contribution in [0.5, 0.6) is 0 Å². The largest absolute Gasteiger partial charge is 0.416 e. The molecule has 0 N–H and O–H groups in total. The van der Waals surface area contributed by atoms with Crippen LogP contribution in [-0.4, -0.2) is 5.38 Å². The van der Waals surface area contributed by atoms with Gasteiger partial charge in [-0.25, -0.2) is 0 Å². The smallest absolute Gasteiger partial charge is 0.166 e. The Balaban J connectivity index is 2.63. The molecule has 0 aromatic heterocycles. The summed E-state index contributed by atoms with van der Waals surface area (Å²) in [6, 6.07) is 5.34. The molecule has 0 saturated carbocycles. The van der Waals surface area contributed by atoms with E-state index >= 15 is 0 Å². The first kappa shape index (κ1) is 14.4. The quantitative estimate of drug-likeness (QED) is 0.679. The molecule has 1 aromatic rings. The monoisotopic (exact) mass is 264 g/mol. The summed E-state index contributed by atoms with van der Waals surface area (Å²) in [6.07, 6.45) is -2.63. The van der Waals surface area contributed by atoms with Crippen molar-refractivity contribution in [3.8, 4) is 0 Å². The minimum Gasteiger partial charge on any atom is -0.166 e. The van der Waals surface area contributed by atoms with Gasteiger partial charge < -0.3 is 0 Å². The van der Waals surface area contributed by atoms with Crippen LogP contribution in [0.4, 0.5) is 13.2 Å². The Morgan fingerprint density at radius 2 is 1.65 bits per heavy atom. The Bertz CT molecular complexity index is 341. The molecule has 96 valence electrons. The zero-order valence-electron chi connectivity index (χ0n) is 9.89. The third kappa shape index (κ3) is 4.99. The van der Waals surface area contributed by atoms with Gasteiger partial charge in [0.2, 0.25) is 0 Å². The predicted octanol–water partition coefficient (Wildman–Crippen LogP) is 4.90. The number of benzene rings is 1. The molecular formula is C13H16ClF3. The average Bonchev–Trinajstić information content (AvgIpc) is 2.15. The highest BCUT2D eigenvalue weighted by Crippen LogP contribution is 2.29. The molecule has 1 aromatic carbocycles. The van der Waals surface area contributed by atoms with E-state index in [2.05, 4.69) is 6.92 Å². The number of rotatable bonds is 4. The van der Waals surface area contributed by atoms with E-state index in [-0.39, 0.29) is 5.38 Å². The molecule has 1 rings (SSSR count). The summed E-state index contributed by atoms with van der Waals surface area (Å²) in [6.45, 7) is 3.97. The summed E-state index contributed by atoms with van der Waals surface area (Å²) in [7, 11) is 0. The Morgan fingerprint density at radius 1 is 1.12 bits per heavy atom. The van der Waals surface area contributed by atoms with Gasteiger partial charge in [0.15, 0.2) is 0 Å². The normalized spacial score (nSPS) is 15.6. The van der Waals surface area contributed by atoms with Crippen LogP contribution in [0.25, 0.3) is 0 Å². The molecule has 0 nitrogen and oxygen atoms in total. The van der Waals surface area contributed by atoms with Crippen molar-refractivity contribution in [2.24, 2.45) is 5.92 Å². The summed E-state index contributed by atoms with van der Waals surface area (Å²) in [4.78, 5) is 0. The molecule has 2 atom stereocenters. The van der Waals surface area contributed by atoms with Crippen LogP contribution in [-0.2, 0) is 12.6 Å². The number of halogens is 4. The van der Waals surface area contributed by atoms with Gasteiger partial charge >= 0.3 is 6.18 Å². The van der Waals surface area contributed by atoms with E-state index in [9.17, 15) is 13.2 Å². The van der Waals surface area contributed by atoms with Gasteiger partial charge in [0, 0.05) is 5.38 Å². The van der Waals surface area contributed by atoms with Gasteiger partial charge in [0.25, 0.3) is 0 Å². The molecule has 0 bridgehead atoms. The van der Waals surface area contributed by atoms with E-state index in [1.54, 1.807) is 0 Å². The molecule has 0 heterocycles. The van der Waals surface area contributed by atoms with Gasteiger partial charge in [-0.2, -0.15) is 13.2 Å². The van der Waals surface area contributed by atoms with Gasteiger partial charge in [-0.05, 0) is 43.4 Å². The predicted molar refractivity (Wildman–Crippen MR) is 64.2 cm³/mol. The van der Waals surface area contributed by atoms with E-state index < -0.39 is 11.7 Å². The molecule has 0 saturated heterocycles. The highest BCUT2D eigenvalue weighted by atomic mass is 35.5. The Labute approximate surface area is 105 Å². The summed E-state index contributed by atoms with van der Waals surface area (Å²) in [5.41, 5.74) is 0.322. The number of hydrogen-bond donors (Lipinski definition) is 0. The van der Waals surface area contributed by atoms with Crippen molar-refractivity contribution in [3.05, 3.63) is 35.4 Å². The molecule has 0 radical (unpaired) electrons. The van der Waals surface area contributed by atoms with E-state index in [1.807, 2.05) is 6.92 Å². The van der Waals surface area contributed by atoms with Crippen molar-refractivity contribution in [3.63, 3.8) is 0 Å². The second-order valence-corrected chi connectivity index (χ2v) is 5.27. The van der Waals surface area contributed by atoms with Gasteiger partial charge in [0.1, 0.15) is 0 Å². The lowest BCUT2D eigenvalue weighted by atomic mass is 9.96. The highest BCUT2D eigenvalue weighted by molar-refractivity contribution is 6.20. The lowest BCUT2D eigenvalue weighted by Crippen LogP contribution is -2.07. The summed E-state index contributed by atoms with van der Waals surface area (Å²) in [5.74, 6) is 0.374. The molecule has 2 unspecified atom stereocenters. The second kappa shape index (κ2) is 5.76. The summed E-state index contributed by atoms with van der Waals surface area (Å²) in [5, 5.41) is 0.0967. The van der Waals surface area contributed by atoms with Crippen molar-refractivity contribution in [2.75, 3.05) is 0 Å². The molecule has 0 aliphatic rings. The average molecular weight is 265 g/mol. The van der Waals surface area contributed by atoms with Crippen molar-refractivity contribution < 1.29 is 13.2 Å². The molecule has 17 heavy (non-hydrogen) atoms. The maximum absolute atomic E-state index is 12.3. The van der Waals surface area contributed by atoms with Crippen molar-refractivity contribution in [1.29, 1.82) is 0 Å². The Kier molecular flexibility index (Phi) is 4.87. The van der Waals surface area contributed by atoms with Gasteiger partial charge in [-0.1, -0.05) is 19.1 Å². The van der Waals surface area contributed by atoms with E-state index in [1.165, 1.54) is 12.1 Å². The van der Waals surface area contributed by atoms with E-state index in [4.69, 9.17) is 11.6 Å². The highest BCUT2D eigenvalue weighted by Gasteiger charge is 2.29. The van der Waals surface area contributed by atoms with E-state index in [0.717, 1.165) is 30.5 Å². The molecule has 0 aliphatic carbocycles. The molecular weight excluding hydrogens is 249 g/mol. The minimum atomic E-state index is -4.26. The van der Waals surface area contributed by atoms with Crippen molar-refractivity contribution in [1.82, 2.24) is 0 Å². The van der Waals surface area contributed by atoms with Crippen LogP contribution < -0.4 is 0 Å². The molecule has 0 amide bonds. The van der Waals surface area contributed by atoms with Crippen molar-refractivity contribution in [2.45, 2.75) is 38.2 Å². The van der Waals surface area contributed by atoms with Crippen LogP contribution >= 0.6 is 11.6 Å². The second-order valence-electron chi connectivity index (χ2n) is 4.52. The topological polar surface area (TPSA) is 0 Å². The van der Waals surface area contributed by atoms with Gasteiger partial charge in [0.05, 0.1) is 5.56 Å². The molecule has 4 heteroatoms. The first-order chi connectivity index (χ1) is 7.79. The Hall–Kier alpha value is -0.700. The first-order valence-corrected chi connectivity index (χ1v) is 6.03. The maximum Gasteiger partial charge on any atom is 0.416 e. The fourth-order valence-electron chi connectivity index (χ4n) is 1.87. The fraction of sp³-hybridized carbons (Fsp3) is 0.538. The lowest BCUT2D eigenvalue weighted by Gasteiger charge is -2.13. The summed E-state index contributed by atoms with van der Waals surface area (Å²) < 4.78 is 37.0. The van der Waals surface area contributed by atoms with Crippen LogP contribution in [0.15, 0.2) is 24.3 Å². The number of alkyl halides is 4. The zero-order chi connectivity index (χ0) is 13.1. The van der Waals surface area contributed by atoms with Gasteiger partial charge in [-0.15, -0.1) is 11.6 Å². The molecule has 0 fully saturated rings. The zero-order valence-corrected chi connectivity index (χ0v) is 10.6. The Morgan fingerprint density at radius 3 is 2.06 bits per heavy atom. The SMILES string of the molecule is CC(Cl)CC(C)Cc1ccc(C(F)(F)F)cc1. The third-order valence-corrected chi connectivity index (χ3v) is 2.77. The summed E-state index contributed by atoms with van der Waals surface area (Å²) >= 11 is 5.88. The molecule has 0 spiro atoms. The standard InChI is InChI=1S/C13H16ClF3/c1-9(7-10(2)14)8-11-3-5-12(6-4-11)13(15,16)17/h3-6,9-10H,7-8H2,1-2H3. The maximum atomic E-state index is 12.3. The van der Waals surface area contributed by atoms with E-state index in [0.29, 0.717) is 5.92 Å². The van der Waals surface area contributed by atoms with Crippen molar-refractivity contribution >= 4 is 11.6 Å². The van der Waals surface area contributed by atoms with Crippen LogP contribution in [0.3, 0.4) is 0 Å². The lowest BCUT2D eigenvalue weighted by molar-refractivity contribution is -0.137. The van der Waals surface area contributed by atoms with Crippen LogP contribution in [0.2, 0.25) is 0 Å².